The van der Waals surface area contributed by atoms with E-state index in [0.717, 1.165) is 21.3 Å². The number of methoxy groups -OCH3 is 1. The molecule has 2 aromatic rings. The molecule has 0 aliphatic carbocycles. The molecule has 11 nitrogen and oxygen atoms in total. The van der Waals surface area contributed by atoms with Gasteiger partial charge in [-0.25, -0.2) is 35.6 Å². The number of carbonyl (C=O) groups is 1. The molecule has 1 heterocycles. The van der Waals surface area contributed by atoms with Crippen LogP contribution in [0.3, 0.4) is 0 Å². The number of hydrogen-bond donors (Lipinski definition) is 1. The summed E-state index contributed by atoms with van der Waals surface area (Å²) in [5.74, 6) is 0.0983. The molecule has 0 spiro atoms. The van der Waals surface area contributed by atoms with Gasteiger partial charge in [-0.2, -0.15) is 4.98 Å². The molecule has 1 aromatic carbocycles. The average molecular weight is 444 g/mol. The van der Waals surface area contributed by atoms with E-state index in [1.807, 2.05) is 4.72 Å². The monoisotopic (exact) mass is 443 g/mol. The number of sulfonamides is 2. The number of benzene rings is 1. The first-order chi connectivity index (χ1) is 13.4. The normalized spacial score (nSPS) is 11.9. The van der Waals surface area contributed by atoms with Crippen molar-refractivity contribution in [2.24, 2.45) is 0 Å². The van der Waals surface area contributed by atoms with Crippen molar-refractivity contribution in [2.45, 2.75) is 16.7 Å². The Bertz CT molecular complexity index is 1130. The van der Waals surface area contributed by atoms with Gasteiger partial charge in [0, 0.05) is 32.9 Å². The first kappa shape index (κ1) is 22.5. The number of urea groups is 1. The lowest BCUT2D eigenvalue weighted by Gasteiger charge is -2.19. The summed E-state index contributed by atoms with van der Waals surface area (Å²) in [7, 11) is -3.39. The van der Waals surface area contributed by atoms with Crippen LogP contribution in [-0.2, 0) is 20.0 Å². The van der Waals surface area contributed by atoms with Gasteiger partial charge in [0.1, 0.15) is 9.79 Å². The van der Waals surface area contributed by atoms with Crippen LogP contribution in [0.2, 0.25) is 0 Å². The summed E-state index contributed by atoms with van der Waals surface area (Å²) >= 11 is 0. The van der Waals surface area contributed by atoms with Crippen LogP contribution in [0, 0.1) is 6.92 Å². The Labute approximate surface area is 169 Å². The number of anilines is 1. The van der Waals surface area contributed by atoms with Crippen LogP contribution in [0.1, 0.15) is 5.69 Å². The summed E-state index contributed by atoms with van der Waals surface area (Å²) in [6.07, 6.45) is 0. The standard InChI is InChI=1S/C16H21N5O6S2/c1-11-10-14(27-5)18-15(17-11)21(4)16(22)19-28(23,24)12-8-6-7-9-13(12)29(25,26)20(2)3/h6-10H,1-5H3,(H,19,22). The Morgan fingerprint density at radius 1 is 1.03 bits per heavy atom. The van der Waals surface area contributed by atoms with Gasteiger partial charge in [-0.3, -0.25) is 4.90 Å². The van der Waals surface area contributed by atoms with E-state index in [1.54, 1.807) is 6.92 Å². The Morgan fingerprint density at radius 3 is 2.17 bits per heavy atom. The zero-order valence-electron chi connectivity index (χ0n) is 16.4. The lowest BCUT2D eigenvalue weighted by molar-refractivity contribution is 0.251. The van der Waals surface area contributed by atoms with E-state index in [2.05, 4.69) is 9.97 Å². The third-order valence-corrected chi connectivity index (χ3v) is 7.13. The smallest absolute Gasteiger partial charge is 0.337 e. The summed E-state index contributed by atoms with van der Waals surface area (Å²) in [5, 5.41) is 0. The number of hydrogen-bond acceptors (Lipinski definition) is 8. The van der Waals surface area contributed by atoms with Crippen LogP contribution in [0.25, 0.3) is 0 Å². The van der Waals surface area contributed by atoms with Crippen molar-refractivity contribution < 1.29 is 26.4 Å². The van der Waals surface area contributed by atoms with Gasteiger partial charge in [0.25, 0.3) is 10.0 Å². The molecule has 2 amide bonds. The topological polar surface area (TPSA) is 139 Å². The number of nitrogens with one attached hydrogen (secondary N) is 1. The van der Waals surface area contributed by atoms with Gasteiger partial charge in [-0.1, -0.05) is 12.1 Å². The zero-order chi connectivity index (χ0) is 22.0. The van der Waals surface area contributed by atoms with Crippen LogP contribution in [-0.4, -0.2) is 65.4 Å². The predicted octanol–water partition coefficient (Wildman–Crippen LogP) is 0.579. The van der Waals surface area contributed by atoms with Gasteiger partial charge in [0.2, 0.25) is 21.9 Å². The molecule has 0 saturated heterocycles. The number of aryl methyl sites for hydroxylation is 1. The van der Waals surface area contributed by atoms with E-state index in [1.165, 1.54) is 46.5 Å². The first-order valence-corrected chi connectivity index (χ1v) is 11.0. The van der Waals surface area contributed by atoms with Crippen molar-refractivity contribution in [3.05, 3.63) is 36.0 Å². The Balaban J connectivity index is 2.40. The molecule has 0 saturated carbocycles. The highest BCUT2D eigenvalue weighted by Gasteiger charge is 2.30. The molecule has 0 unspecified atom stereocenters. The second kappa shape index (κ2) is 8.31. The van der Waals surface area contributed by atoms with Crippen LogP contribution >= 0.6 is 0 Å². The summed E-state index contributed by atoms with van der Waals surface area (Å²) < 4.78 is 58.1. The van der Waals surface area contributed by atoms with Crippen molar-refractivity contribution in [3.63, 3.8) is 0 Å². The number of amides is 2. The van der Waals surface area contributed by atoms with Gasteiger partial charge >= 0.3 is 6.03 Å². The van der Waals surface area contributed by atoms with Gasteiger partial charge in [0.15, 0.2) is 0 Å². The van der Waals surface area contributed by atoms with Gasteiger partial charge in [-0.15, -0.1) is 0 Å². The second-order valence-corrected chi connectivity index (χ2v) is 9.83. The Morgan fingerprint density at radius 2 is 1.62 bits per heavy atom. The van der Waals surface area contributed by atoms with Crippen molar-refractivity contribution in [1.82, 2.24) is 19.0 Å². The maximum Gasteiger partial charge on any atom is 0.337 e. The highest BCUT2D eigenvalue weighted by molar-refractivity contribution is 7.92. The maximum absolute atomic E-state index is 12.8. The quantitative estimate of drug-likeness (QED) is 0.684. The SMILES string of the molecule is COc1cc(C)nc(N(C)C(=O)NS(=O)(=O)c2ccccc2S(=O)(=O)N(C)C)n1. The lowest BCUT2D eigenvalue weighted by atomic mass is 10.4. The molecular weight excluding hydrogens is 422 g/mol. The van der Waals surface area contributed by atoms with Crippen LogP contribution in [0.5, 0.6) is 5.88 Å². The van der Waals surface area contributed by atoms with Crippen LogP contribution in [0.4, 0.5) is 10.7 Å². The fourth-order valence-corrected chi connectivity index (χ4v) is 4.87. The van der Waals surface area contributed by atoms with Crippen molar-refractivity contribution >= 4 is 32.0 Å². The van der Waals surface area contributed by atoms with E-state index < -0.39 is 35.9 Å². The molecular formula is C16H21N5O6S2. The molecule has 0 aliphatic rings. The molecule has 1 N–H and O–H groups in total. The Hall–Kier alpha value is -2.77. The number of nitrogens with zero attached hydrogens (tertiary/aromatic N) is 4. The van der Waals surface area contributed by atoms with Gasteiger partial charge < -0.3 is 4.74 Å². The molecule has 2 rings (SSSR count). The molecule has 1 aromatic heterocycles. The van der Waals surface area contributed by atoms with E-state index in [4.69, 9.17) is 4.74 Å². The van der Waals surface area contributed by atoms with Crippen LogP contribution < -0.4 is 14.4 Å². The highest BCUT2D eigenvalue weighted by Crippen LogP contribution is 2.23. The summed E-state index contributed by atoms with van der Waals surface area (Å²) in [5.41, 5.74) is 0.497. The van der Waals surface area contributed by atoms with E-state index >= 15 is 0 Å². The summed E-state index contributed by atoms with van der Waals surface area (Å²) in [6, 6.07) is 5.44. The third-order valence-electron chi connectivity index (χ3n) is 3.75. The van der Waals surface area contributed by atoms with Gasteiger partial charge in [0.05, 0.1) is 7.11 Å². The number of ether oxygens (including phenoxy) is 1. The van der Waals surface area contributed by atoms with E-state index in [0.29, 0.717) is 5.69 Å². The molecule has 29 heavy (non-hydrogen) atoms. The number of carbonyl (C=O) groups excluding carboxylic acids is 1. The van der Waals surface area contributed by atoms with E-state index in [-0.39, 0.29) is 11.8 Å². The fraction of sp³-hybridized carbons (Fsp3) is 0.312. The van der Waals surface area contributed by atoms with Crippen molar-refractivity contribution in [2.75, 3.05) is 33.2 Å². The molecule has 0 fully saturated rings. The predicted molar refractivity (Wildman–Crippen MR) is 105 cm³/mol. The van der Waals surface area contributed by atoms with Crippen molar-refractivity contribution in [3.8, 4) is 5.88 Å². The third kappa shape index (κ3) is 4.81. The average Bonchev–Trinajstić information content (AvgIpc) is 2.66. The summed E-state index contributed by atoms with van der Waals surface area (Å²) in [6.45, 7) is 1.65. The largest absolute Gasteiger partial charge is 0.481 e. The summed E-state index contributed by atoms with van der Waals surface area (Å²) in [4.78, 5) is 20.4. The first-order valence-electron chi connectivity index (χ1n) is 8.12. The van der Waals surface area contributed by atoms with Crippen LogP contribution in [0.15, 0.2) is 40.1 Å². The number of aromatic nitrogens is 2. The molecule has 0 atom stereocenters. The molecule has 0 aliphatic heterocycles. The zero-order valence-corrected chi connectivity index (χ0v) is 18.1. The minimum Gasteiger partial charge on any atom is -0.481 e. The highest BCUT2D eigenvalue weighted by atomic mass is 32.2. The van der Waals surface area contributed by atoms with Gasteiger partial charge in [-0.05, 0) is 19.1 Å². The minimum atomic E-state index is -4.52. The molecule has 158 valence electrons. The molecule has 0 bridgehead atoms. The number of rotatable bonds is 6. The fourth-order valence-electron chi connectivity index (χ4n) is 2.19. The maximum atomic E-state index is 12.8. The molecule has 13 heteroatoms. The Kier molecular flexibility index (Phi) is 6.45. The minimum absolute atomic E-state index is 0.0938. The molecule has 0 radical (unpaired) electrons. The van der Waals surface area contributed by atoms with Crippen molar-refractivity contribution in [1.29, 1.82) is 0 Å². The lowest BCUT2D eigenvalue weighted by Crippen LogP contribution is -2.42. The van der Waals surface area contributed by atoms with E-state index in [9.17, 15) is 21.6 Å². The second-order valence-electron chi connectivity index (χ2n) is 6.06.